The number of hydrogen-bond acceptors (Lipinski definition) is 6. The molecule has 3 aromatic heterocycles. The lowest BCUT2D eigenvalue weighted by Crippen LogP contribution is -2.39. The van der Waals surface area contributed by atoms with Crippen LogP contribution < -0.4 is 15.0 Å². The van der Waals surface area contributed by atoms with Crippen molar-refractivity contribution < 1.29 is 9.53 Å². The largest absolute Gasteiger partial charge is 0.489 e. The number of pyridine rings is 2. The lowest BCUT2D eigenvalue weighted by atomic mass is 10.1. The number of rotatable bonds is 5. The molecule has 2 fully saturated rings. The van der Waals surface area contributed by atoms with Crippen molar-refractivity contribution in [1.82, 2.24) is 19.6 Å². The van der Waals surface area contributed by atoms with Gasteiger partial charge in [0.2, 0.25) is 11.9 Å². The number of hydrogen-bond donors (Lipinski definition) is 1. The Hall–Kier alpha value is -3.16. The quantitative estimate of drug-likeness (QED) is 0.734. The molecule has 0 spiro atoms. The highest BCUT2D eigenvalue weighted by Gasteiger charge is 2.30. The average Bonchev–Trinajstić information content (AvgIpc) is 3.49. The summed E-state index contributed by atoms with van der Waals surface area (Å²) in [6, 6.07) is 9.74. The molecule has 1 saturated carbocycles. The van der Waals surface area contributed by atoms with Gasteiger partial charge >= 0.3 is 0 Å². The summed E-state index contributed by atoms with van der Waals surface area (Å²) in [5.41, 5.74) is 0.734. The van der Waals surface area contributed by atoms with Gasteiger partial charge in [-0.05, 0) is 37.1 Å². The van der Waals surface area contributed by atoms with Gasteiger partial charge in [0.1, 0.15) is 17.7 Å². The van der Waals surface area contributed by atoms with Crippen LogP contribution in [-0.4, -0.2) is 44.7 Å². The zero-order chi connectivity index (χ0) is 18.9. The number of nitrogens with zero attached hydrogens (tertiary/aromatic N) is 5. The molecule has 4 heterocycles. The second-order valence-corrected chi connectivity index (χ2v) is 7.35. The van der Waals surface area contributed by atoms with E-state index >= 15 is 0 Å². The van der Waals surface area contributed by atoms with Gasteiger partial charge < -0.3 is 9.64 Å². The number of ether oxygens (including phenoxy) is 1. The molecular weight excluding hydrogens is 356 g/mol. The normalized spacial score (nSPS) is 17.6. The van der Waals surface area contributed by atoms with Crippen LogP contribution >= 0.6 is 0 Å². The molecule has 0 radical (unpaired) electrons. The van der Waals surface area contributed by atoms with Crippen LogP contribution in [0.15, 0.2) is 42.7 Å². The molecule has 1 amide bonds. The van der Waals surface area contributed by atoms with Gasteiger partial charge in [-0.2, -0.15) is 9.50 Å². The number of carbonyl (C=O) groups is 1. The van der Waals surface area contributed by atoms with Crippen LogP contribution in [0.2, 0.25) is 0 Å². The molecule has 0 unspecified atom stereocenters. The number of anilines is 2. The van der Waals surface area contributed by atoms with Crippen molar-refractivity contribution in [2.75, 3.05) is 23.3 Å². The van der Waals surface area contributed by atoms with Crippen molar-refractivity contribution in [3.05, 3.63) is 42.7 Å². The summed E-state index contributed by atoms with van der Waals surface area (Å²) in [5, 5.41) is 7.35. The minimum absolute atomic E-state index is 0.0193. The zero-order valence-corrected chi connectivity index (χ0v) is 15.5. The van der Waals surface area contributed by atoms with E-state index in [2.05, 4.69) is 25.3 Å². The monoisotopic (exact) mass is 378 g/mol. The first-order valence-electron chi connectivity index (χ1n) is 9.74. The van der Waals surface area contributed by atoms with E-state index in [0.29, 0.717) is 5.95 Å². The maximum absolute atomic E-state index is 12.0. The Morgan fingerprint density at radius 2 is 1.96 bits per heavy atom. The van der Waals surface area contributed by atoms with Crippen LogP contribution in [0.5, 0.6) is 5.75 Å². The number of nitrogens with one attached hydrogen (secondary N) is 1. The molecule has 5 rings (SSSR count). The fraction of sp³-hybridized carbons (Fsp3) is 0.400. The average molecular weight is 378 g/mol. The molecule has 144 valence electrons. The van der Waals surface area contributed by atoms with Gasteiger partial charge in [-0.25, -0.2) is 0 Å². The van der Waals surface area contributed by atoms with Crippen molar-refractivity contribution in [1.29, 1.82) is 0 Å². The van der Waals surface area contributed by atoms with E-state index in [0.717, 1.165) is 56.0 Å². The Labute approximate surface area is 162 Å². The van der Waals surface area contributed by atoms with Gasteiger partial charge in [-0.3, -0.25) is 15.1 Å². The fourth-order valence-electron chi connectivity index (χ4n) is 3.55. The van der Waals surface area contributed by atoms with E-state index in [1.165, 1.54) is 0 Å². The van der Waals surface area contributed by atoms with Crippen LogP contribution in [0.3, 0.4) is 0 Å². The van der Waals surface area contributed by atoms with E-state index in [1.54, 1.807) is 12.4 Å². The van der Waals surface area contributed by atoms with Crippen LogP contribution in [-0.2, 0) is 4.79 Å². The number of piperidine rings is 1. The zero-order valence-electron chi connectivity index (χ0n) is 15.5. The van der Waals surface area contributed by atoms with E-state index in [-0.39, 0.29) is 17.9 Å². The Kier molecular flexibility index (Phi) is 4.31. The van der Waals surface area contributed by atoms with Crippen molar-refractivity contribution in [3.63, 3.8) is 0 Å². The highest BCUT2D eigenvalue weighted by molar-refractivity contribution is 5.92. The molecule has 1 aliphatic carbocycles. The maximum atomic E-state index is 12.0. The van der Waals surface area contributed by atoms with Gasteiger partial charge in [0, 0.05) is 38.0 Å². The van der Waals surface area contributed by atoms with Crippen molar-refractivity contribution in [3.8, 4) is 5.75 Å². The summed E-state index contributed by atoms with van der Waals surface area (Å²) in [4.78, 5) is 22.8. The molecule has 0 aromatic carbocycles. The smallest absolute Gasteiger partial charge is 0.249 e. The molecule has 0 atom stereocenters. The first-order valence-corrected chi connectivity index (χ1v) is 9.74. The van der Waals surface area contributed by atoms with Crippen molar-refractivity contribution in [2.45, 2.75) is 31.8 Å². The minimum atomic E-state index is 0.0193. The summed E-state index contributed by atoms with van der Waals surface area (Å²) in [6.45, 7) is 1.74. The van der Waals surface area contributed by atoms with Gasteiger partial charge in [-0.15, -0.1) is 5.10 Å². The van der Waals surface area contributed by atoms with Gasteiger partial charge in [0.15, 0.2) is 5.65 Å². The Bertz CT molecular complexity index is 977. The Morgan fingerprint density at radius 3 is 2.71 bits per heavy atom. The number of fused-ring (bicyclic) bond motifs is 1. The molecule has 1 N–H and O–H groups in total. The number of carbonyl (C=O) groups excluding carboxylic acids is 1. The molecule has 8 heteroatoms. The molecule has 8 nitrogen and oxygen atoms in total. The SMILES string of the molecule is O=C(Nc1nc2cccc(N3CCC(Oc4cccnc4)CC3)n2n1)C1CC1. The van der Waals surface area contributed by atoms with Crippen molar-refractivity contribution in [2.24, 2.45) is 5.92 Å². The summed E-state index contributed by atoms with van der Waals surface area (Å²) in [6.07, 6.45) is 7.44. The fourth-order valence-corrected chi connectivity index (χ4v) is 3.55. The molecule has 28 heavy (non-hydrogen) atoms. The molecular formula is C20H22N6O2. The summed E-state index contributed by atoms with van der Waals surface area (Å²) >= 11 is 0. The Morgan fingerprint density at radius 1 is 1.11 bits per heavy atom. The van der Waals surface area contributed by atoms with E-state index in [4.69, 9.17) is 4.74 Å². The third kappa shape index (κ3) is 3.49. The molecule has 3 aromatic rings. The van der Waals surface area contributed by atoms with E-state index < -0.39 is 0 Å². The van der Waals surface area contributed by atoms with Crippen molar-refractivity contribution >= 4 is 23.3 Å². The number of amides is 1. The van der Waals surface area contributed by atoms with E-state index in [9.17, 15) is 4.79 Å². The standard InChI is InChI=1S/C20H22N6O2/c27-19(14-6-7-14)23-20-22-17-4-1-5-18(26(17)24-20)25-11-8-15(9-12-25)28-16-3-2-10-21-13-16/h1-5,10,13-15H,6-9,11-12H2,(H,23,24,27). The lowest BCUT2D eigenvalue weighted by molar-refractivity contribution is -0.117. The summed E-state index contributed by atoms with van der Waals surface area (Å²) in [7, 11) is 0. The summed E-state index contributed by atoms with van der Waals surface area (Å²) in [5.74, 6) is 2.32. The molecule has 0 bridgehead atoms. The Balaban J connectivity index is 1.28. The lowest BCUT2D eigenvalue weighted by Gasteiger charge is -2.33. The third-order valence-corrected chi connectivity index (χ3v) is 5.23. The van der Waals surface area contributed by atoms with Crippen LogP contribution in [0.1, 0.15) is 25.7 Å². The first kappa shape index (κ1) is 17.0. The van der Waals surface area contributed by atoms with Gasteiger partial charge in [-0.1, -0.05) is 6.07 Å². The second-order valence-electron chi connectivity index (χ2n) is 7.35. The first-order chi connectivity index (χ1) is 13.8. The highest BCUT2D eigenvalue weighted by Crippen LogP contribution is 2.30. The second kappa shape index (κ2) is 7.10. The topological polar surface area (TPSA) is 84.7 Å². The third-order valence-electron chi connectivity index (χ3n) is 5.23. The molecule has 1 aliphatic heterocycles. The predicted molar refractivity (Wildman–Crippen MR) is 104 cm³/mol. The van der Waals surface area contributed by atoms with Crippen LogP contribution in [0.4, 0.5) is 11.8 Å². The summed E-state index contributed by atoms with van der Waals surface area (Å²) < 4.78 is 7.84. The highest BCUT2D eigenvalue weighted by atomic mass is 16.5. The predicted octanol–water partition coefficient (Wildman–Crippen LogP) is 2.52. The minimum Gasteiger partial charge on any atom is -0.489 e. The van der Waals surface area contributed by atoms with E-state index in [1.807, 2.05) is 34.8 Å². The molecule has 2 aliphatic rings. The van der Waals surface area contributed by atoms with Gasteiger partial charge in [0.05, 0.1) is 6.20 Å². The number of aromatic nitrogens is 4. The van der Waals surface area contributed by atoms with Crippen LogP contribution in [0, 0.1) is 5.92 Å². The maximum Gasteiger partial charge on any atom is 0.249 e. The van der Waals surface area contributed by atoms with Crippen LogP contribution in [0.25, 0.3) is 5.65 Å². The molecule has 1 saturated heterocycles. The van der Waals surface area contributed by atoms with Gasteiger partial charge in [0.25, 0.3) is 0 Å².